The fourth-order valence-corrected chi connectivity index (χ4v) is 3.32. The lowest BCUT2D eigenvalue weighted by atomic mass is 9.94. The molecule has 7 heteroatoms. The number of halogens is 2. The molecule has 0 unspecified atom stereocenters. The van der Waals surface area contributed by atoms with E-state index in [1.54, 1.807) is 25.1 Å². The largest absolute Gasteiger partial charge is 0.327 e. The van der Waals surface area contributed by atoms with Crippen LogP contribution >= 0.6 is 23.2 Å². The first-order valence-electron chi connectivity index (χ1n) is 7.96. The Labute approximate surface area is 161 Å². The third-order valence-electron chi connectivity index (χ3n) is 4.10. The molecule has 2 aromatic rings. The van der Waals surface area contributed by atoms with Gasteiger partial charge in [-0.2, -0.15) is 0 Å². The molecular formula is C19H17Cl2N3O2. The number of nitrogens with one attached hydrogen (secondary N) is 3. The van der Waals surface area contributed by atoms with Crippen molar-refractivity contribution in [1.29, 1.82) is 0 Å². The van der Waals surface area contributed by atoms with E-state index in [-0.39, 0.29) is 5.91 Å². The van der Waals surface area contributed by atoms with Crippen LogP contribution < -0.4 is 16.0 Å². The fourth-order valence-electron chi connectivity index (χ4n) is 2.80. The van der Waals surface area contributed by atoms with Gasteiger partial charge in [-0.25, -0.2) is 4.79 Å². The minimum atomic E-state index is -0.682. The van der Waals surface area contributed by atoms with Crippen LogP contribution in [0.15, 0.2) is 53.7 Å². The zero-order valence-electron chi connectivity index (χ0n) is 14.2. The van der Waals surface area contributed by atoms with Gasteiger partial charge < -0.3 is 16.0 Å². The second kappa shape index (κ2) is 7.40. The Bertz CT molecular complexity index is 908. The highest BCUT2D eigenvalue weighted by Gasteiger charge is 2.32. The van der Waals surface area contributed by atoms with Gasteiger partial charge in [0.2, 0.25) is 0 Å². The summed E-state index contributed by atoms with van der Waals surface area (Å²) >= 11 is 12.3. The van der Waals surface area contributed by atoms with Crippen LogP contribution in [0.2, 0.25) is 10.0 Å². The van der Waals surface area contributed by atoms with Crippen molar-refractivity contribution in [2.75, 3.05) is 5.32 Å². The normalized spacial score (nSPS) is 16.8. The quantitative estimate of drug-likeness (QED) is 0.719. The zero-order chi connectivity index (χ0) is 18.8. The summed E-state index contributed by atoms with van der Waals surface area (Å²) < 4.78 is 0. The molecule has 1 heterocycles. The topological polar surface area (TPSA) is 70.2 Å². The lowest BCUT2D eigenvalue weighted by molar-refractivity contribution is -0.113. The molecule has 134 valence electrons. The number of urea groups is 1. The second-order valence-corrected chi connectivity index (χ2v) is 6.90. The average molecular weight is 390 g/mol. The zero-order valence-corrected chi connectivity index (χ0v) is 15.7. The van der Waals surface area contributed by atoms with Gasteiger partial charge in [0.05, 0.1) is 11.6 Å². The molecular weight excluding hydrogens is 373 g/mol. The van der Waals surface area contributed by atoms with E-state index in [1.165, 1.54) is 0 Å². The molecule has 0 aromatic heterocycles. The highest BCUT2D eigenvalue weighted by molar-refractivity contribution is 6.35. The van der Waals surface area contributed by atoms with E-state index in [0.29, 0.717) is 32.6 Å². The van der Waals surface area contributed by atoms with E-state index < -0.39 is 12.1 Å². The van der Waals surface area contributed by atoms with E-state index in [9.17, 15) is 9.59 Å². The van der Waals surface area contributed by atoms with Crippen molar-refractivity contribution in [2.24, 2.45) is 0 Å². The van der Waals surface area contributed by atoms with Crippen molar-refractivity contribution in [2.45, 2.75) is 19.9 Å². The second-order valence-electron chi connectivity index (χ2n) is 6.06. The van der Waals surface area contributed by atoms with Crippen LogP contribution in [0, 0.1) is 6.92 Å². The molecule has 0 fully saturated rings. The van der Waals surface area contributed by atoms with E-state index in [4.69, 9.17) is 23.2 Å². The van der Waals surface area contributed by atoms with Gasteiger partial charge in [-0.05, 0) is 43.7 Å². The molecule has 3 amide bonds. The van der Waals surface area contributed by atoms with Crippen LogP contribution in [0.1, 0.15) is 24.1 Å². The fraction of sp³-hybridized carbons (Fsp3) is 0.158. The van der Waals surface area contributed by atoms with E-state index in [1.807, 2.05) is 31.2 Å². The predicted octanol–water partition coefficient (Wildman–Crippen LogP) is 4.57. The Kier molecular flexibility index (Phi) is 5.20. The standard InChI is InChI=1S/C19H17Cl2N3O2/c1-10-3-6-13(7-4-10)23-18(25)16-11(2)22-19(26)24-17(16)14-8-5-12(20)9-15(14)21/h3-9,17H,1-2H3,(H,23,25)(H2,22,24,26)/t17-/m1/s1. The number of carbonyl (C=O) groups is 2. The van der Waals surface area contributed by atoms with Crippen molar-refractivity contribution < 1.29 is 9.59 Å². The number of amides is 3. The van der Waals surface area contributed by atoms with Crippen molar-refractivity contribution >= 4 is 40.8 Å². The summed E-state index contributed by atoms with van der Waals surface area (Å²) in [6.45, 7) is 3.65. The first kappa shape index (κ1) is 18.3. The molecule has 0 aliphatic carbocycles. The van der Waals surface area contributed by atoms with Crippen molar-refractivity contribution in [3.63, 3.8) is 0 Å². The molecule has 3 N–H and O–H groups in total. The molecule has 0 bridgehead atoms. The Hall–Kier alpha value is -2.50. The Morgan fingerprint density at radius 1 is 1.08 bits per heavy atom. The third-order valence-corrected chi connectivity index (χ3v) is 4.66. The number of benzene rings is 2. The highest BCUT2D eigenvalue weighted by Crippen LogP contribution is 2.33. The first-order valence-corrected chi connectivity index (χ1v) is 8.72. The average Bonchev–Trinajstić information content (AvgIpc) is 2.56. The lowest BCUT2D eigenvalue weighted by Gasteiger charge is -2.29. The van der Waals surface area contributed by atoms with Crippen LogP contribution in [0.3, 0.4) is 0 Å². The third kappa shape index (κ3) is 3.84. The Morgan fingerprint density at radius 2 is 1.77 bits per heavy atom. The summed E-state index contributed by atoms with van der Waals surface area (Å²) in [6.07, 6.45) is 0. The van der Waals surface area contributed by atoms with Gasteiger partial charge >= 0.3 is 6.03 Å². The maximum Gasteiger partial charge on any atom is 0.319 e. The monoisotopic (exact) mass is 389 g/mol. The van der Waals surface area contributed by atoms with Gasteiger partial charge in [0.1, 0.15) is 0 Å². The van der Waals surface area contributed by atoms with Gasteiger partial charge in [0.25, 0.3) is 5.91 Å². The molecule has 3 rings (SSSR count). The van der Waals surface area contributed by atoms with Crippen LogP contribution in [0.5, 0.6) is 0 Å². The smallest absolute Gasteiger partial charge is 0.319 e. The minimum Gasteiger partial charge on any atom is -0.327 e. The molecule has 0 saturated heterocycles. The molecule has 0 radical (unpaired) electrons. The Balaban J connectivity index is 1.97. The summed E-state index contributed by atoms with van der Waals surface area (Å²) in [5, 5.41) is 9.10. The summed E-state index contributed by atoms with van der Waals surface area (Å²) in [6, 6.07) is 11.3. The van der Waals surface area contributed by atoms with Gasteiger partial charge in [0.15, 0.2) is 0 Å². The maximum absolute atomic E-state index is 12.9. The maximum atomic E-state index is 12.9. The number of carbonyl (C=O) groups excluding carboxylic acids is 2. The van der Waals surface area contributed by atoms with Crippen molar-refractivity contribution in [1.82, 2.24) is 10.6 Å². The van der Waals surface area contributed by atoms with E-state index >= 15 is 0 Å². The number of hydrogen-bond donors (Lipinski definition) is 3. The molecule has 26 heavy (non-hydrogen) atoms. The summed E-state index contributed by atoms with van der Waals surface area (Å²) in [5.74, 6) is -0.324. The first-order chi connectivity index (χ1) is 12.3. The molecule has 0 spiro atoms. The molecule has 5 nitrogen and oxygen atoms in total. The number of aryl methyl sites for hydroxylation is 1. The SMILES string of the molecule is CC1=C(C(=O)Nc2ccc(C)cc2)[C@@H](c2ccc(Cl)cc2Cl)NC(=O)N1. The number of hydrogen-bond acceptors (Lipinski definition) is 2. The number of rotatable bonds is 3. The molecule has 2 aromatic carbocycles. The summed E-state index contributed by atoms with van der Waals surface area (Å²) in [5.41, 5.74) is 3.21. The Morgan fingerprint density at radius 3 is 2.42 bits per heavy atom. The lowest BCUT2D eigenvalue weighted by Crippen LogP contribution is -2.46. The molecule has 1 aliphatic rings. The number of anilines is 1. The van der Waals surface area contributed by atoms with Crippen LogP contribution in [-0.4, -0.2) is 11.9 Å². The van der Waals surface area contributed by atoms with Crippen molar-refractivity contribution in [3.8, 4) is 0 Å². The summed E-state index contributed by atoms with van der Waals surface area (Å²) in [4.78, 5) is 24.8. The molecule has 1 aliphatic heterocycles. The minimum absolute atomic E-state index is 0.324. The van der Waals surface area contributed by atoms with E-state index in [2.05, 4.69) is 16.0 Å². The van der Waals surface area contributed by atoms with Crippen LogP contribution in [0.4, 0.5) is 10.5 Å². The van der Waals surface area contributed by atoms with Gasteiger partial charge in [-0.1, -0.05) is 47.0 Å². The molecule has 0 saturated carbocycles. The van der Waals surface area contributed by atoms with Gasteiger partial charge in [-0.3, -0.25) is 4.79 Å². The molecule has 1 atom stereocenters. The van der Waals surface area contributed by atoms with Crippen molar-refractivity contribution in [3.05, 3.63) is 74.9 Å². The highest BCUT2D eigenvalue weighted by atomic mass is 35.5. The van der Waals surface area contributed by atoms with Crippen LogP contribution in [-0.2, 0) is 4.79 Å². The van der Waals surface area contributed by atoms with Crippen LogP contribution in [0.25, 0.3) is 0 Å². The number of allylic oxidation sites excluding steroid dienone is 1. The van der Waals surface area contributed by atoms with Gasteiger partial charge in [0, 0.05) is 21.4 Å². The van der Waals surface area contributed by atoms with Gasteiger partial charge in [-0.15, -0.1) is 0 Å². The predicted molar refractivity (Wildman–Crippen MR) is 103 cm³/mol. The summed E-state index contributed by atoms with van der Waals surface area (Å²) in [7, 11) is 0. The van der Waals surface area contributed by atoms with E-state index in [0.717, 1.165) is 5.56 Å².